The lowest BCUT2D eigenvalue weighted by molar-refractivity contribution is 0.197. The molecule has 0 saturated carbocycles. The predicted molar refractivity (Wildman–Crippen MR) is 56.4 cm³/mol. The average Bonchev–Trinajstić information content (AvgIpc) is 2.16. The highest BCUT2D eigenvalue weighted by atomic mass is 79.9. The molecular weight excluding hydrogens is 255 g/mol. The standard InChI is InChI=1S/C9H10BrClO2/c1-13-9-4-6(10)2-3-7(9)8(12)5-11/h2-4,8,12H,5H2,1H3/t8-/m1/s1. The van der Waals surface area contributed by atoms with Crippen molar-refractivity contribution in [2.24, 2.45) is 0 Å². The first-order chi connectivity index (χ1) is 6.19. The molecule has 72 valence electrons. The van der Waals surface area contributed by atoms with Gasteiger partial charge in [0.05, 0.1) is 19.1 Å². The number of aliphatic hydroxyl groups excluding tert-OH is 1. The normalized spacial score (nSPS) is 12.6. The molecule has 13 heavy (non-hydrogen) atoms. The lowest BCUT2D eigenvalue weighted by atomic mass is 10.1. The quantitative estimate of drug-likeness (QED) is 0.852. The molecule has 0 fully saturated rings. The molecule has 1 rings (SSSR count). The molecule has 0 aliphatic rings. The maximum absolute atomic E-state index is 9.50. The number of alkyl halides is 1. The molecule has 1 atom stereocenters. The SMILES string of the molecule is COc1cc(Br)ccc1[C@H](O)CCl. The second-order valence-corrected chi connectivity index (χ2v) is 3.78. The van der Waals surface area contributed by atoms with Crippen LogP contribution in [0.4, 0.5) is 0 Å². The summed E-state index contributed by atoms with van der Waals surface area (Å²) in [6.07, 6.45) is -0.676. The van der Waals surface area contributed by atoms with Crippen molar-refractivity contribution in [3.8, 4) is 5.75 Å². The number of aliphatic hydroxyl groups is 1. The third kappa shape index (κ3) is 2.59. The van der Waals surface area contributed by atoms with Crippen LogP contribution >= 0.6 is 27.5 Å². The Morgan fingerprint density at radius 1 is 1.62 bits per heavy atom. The van der Waals surface area contributed by atoms with Crippen LogP contribution in [0.15, 0.2) is 22.7 Å². The fourth-order valence-electron chi connectivity index (χ4n) is 1.04. The lowest BCUT2D eigenvalue weighted by Crippen LogP contribution is -2.01. The molecule has 0 heterocycles. The van der Waals surface area contributed by atoms with Crippen molar-refractivity contribution < 1.29 is 9.84 Å². The van der Waals surface area contributed by atoms with Gasteiger partial charge in [-0.3, -0.25) is 0 Å². The van der Waals surface area contributed by atoms with Crippen LogP contribution in [0.1, 0.15) is 11.7 Å². The van der Waals surface area contributed by atoms with Crippen LogP contribution in [0.2, 0.25) is 0 Å². The van der Waals surface area contributed by atoms with Crippen LogP contribution in [0.3, 0.4) is 0 Å². The van der Waals surface area contributed by atoms with Crippen LogP contribution in [0, 0.1) is 0 Å². The smallest absolute Gasteiger partial charge is 0.125 e. The number of halogens is 2. The summed E-state index contributed by atoms with van der Waals surface area (Å²) in [6.45, 7) is 0. The molecule has 0 aromatic heterocycles. The van der Waals surface area contributed by atoms with E-state index in [9.17, 15) is 5.11 Å². The van der Waals surface area contributed by atoms with Gasteiger partial charge in [-0.2, -0.15) is 0 Å². The van der Waals surface area contributed by atoms with Crippen molar-refractivity contribution in [3.05, 3.63) is 28.2 Å². The van der Waals surface area contributed by atoms with Crippen molar-refractivity contribution >= 4 is 27.5 Å². The summed E-state index contributed by atoms with van der Waals surface area (Å²) in [5.74, 6) is 0.806. The number of benzene rings is 1. The van der Waals surface area contributed by atoms with Crippen molar-refractivity contribution in [1.29, 1.82) is 0 Å². The molecule has 0 spiro atoms. The fraction of sp³-hybridized carbons (Fsp3) is 0.333. The third-order valence-electron chi connectivity index (χ3n) is 1.70. The maximum Gasteiger partial charge on any atom is 0.125 e. The number of hydrogen-bond donors (Lipinski definition) is 1. The minimum Gasteiger partial charge on any atom is -0.496 e. The van der Waals surface area contributed by atoms with E-state index in [1.54, 1.807) is 19.2 Å². The maximum atomic E-state index is 9.50. The summed E-state index contributed by atoms with van der Waals surface area (Å²) in [5.41, 5.74) is 0.709. The van der Waals surface area contributed by atoms with E-state index in [4.69, 9.17) is 16.3 Å². The van der Waals surface area contributed by atoms with Gasteiger partial charge in [-0.15, -0.1) is 11.6 Å². The van der Waals surface area contributed by atoms with Gasteiger partial charge in [0.1, 0.15) is 5.75 Å². The zero-order chi connectivity index (χ0) is 9.84. The third-order valence-corrected chi connectivity index (χ3v) is 2.49. The van der Waals surface area contributed by atoms with E-state index in [-0.39, 0.29) is 5.88 Å². The fourth-order valence-corrected chi connectivity index (χ4v) is 1.55. The van der Waals surface area contributed by atoms with Gasteiger partial charge in [0.2, 0.25) is 0 Å². The molecule has 1 N–H and O–H groups in total. The number of ether oxygens (including phenoxy) is 1. The topological polar surface area (TPSA) is 29.5 Å². The van der Waals surface area contributed by atoms with Crippen molar-refractivity contribution in [3.63, 3.8) is 0 Å². The molecular formula is C9H10BrClO2. The zero-order valence-corrected chi connectivity index (χ0v) is 9.47. The zero-order valence-electron chi connectivity index (χ0n) is 7.13. The Kier molecular flexibility index (Phi) is 4.03. The highest BCUT2D eigenvalue weighted by Crippen LogP contribution is 2.28. The van der Waals surface area contributed by atoms with Crippen LogP contribution in [0.5, 0.6) is 5.75 Å². The molecule has 0 radical (unpaired) electrons. The molecule has 0 unspecified atom stereocenters. The molecule has 1 aromatic rings. The number of hydrogen-bond acceptors (Lipinski definition) is 2. The second-order valence-electron chi connectivity index (χ2n) is 2.56. The number of methoxy groups -OCH3 is 1. The van der Waals surface area contributed by atoms with E-state index in [2.05, 4.69) is 15.9 Å². The van der Waals surface area contributed by atoms with Crippen LogP contribution < -0.4 is 4.74 Å². The van der Waals surface area contributed by atoms with Crippen molar-refractivity contribution in [2.45, 2.75) is 6.10 Å². The predicted octanol–water partition coefficient (Wildman–Crippen LogP) is 2.73. The van der Waals surface area contributed by atoms with Gasteiger partial charge in [-0.25, -0.2) is 0 Å². The van der Waals surface area contributed by atoms with E-state index in [1.165, 1.54) is 0 Å². The van der Waals surface area contributed by atoms with Gasteiger partial charge in [0, 0.05) is 10.0 Å². The van der Waals surface area contributed by atoms with Gasteiger partial charge in [-0.1, -0.05) is 22.0 Å². The first-order valence-corrected chi connectivity index (χ1v) is 5.09. The minimum atomic E-state index is -0.676. The second kappa shape index (κ2) is 4.84. The van der Waals surface area contributed by atoms with Gasteiger partial charge in [-0.05, 0) is 12.1 Å². The Morgan fingerprint density at radius 3 is 2.85 bits per heavy atom. The molecule has 1 aromatic carbocycles. The van der Waals surface area contributed by atoms with Gasteiger partial charge < -0.3 is 9.84 Å². The van der Waals surface area contributed by atoms with Gasteiger partial charge in [0.25, 0.3) is 0 Å². The Balaban J connectivity index is 3.05. The van der Waals surface area contributed by atoms with Crippen molar-refractivity contribution in [2.75, 3.05) is 13.0 Å². The molecule has 0 aliphatic carbocycles. The highest BCUT2D eigenvalue weighted by molar-refractivity contribution is 9.10. The van der Waals surface area contributed by atoms with E-state index < -0.39 is 6.10 Å². The first-order valence-electron chi connectivity index (χ1n) is 3.76. The summed E-state index contributed by atoms with van der Waals surface area (Å²) < 4.78 is 6.01. The molecule has 4 heteroatoms. The van der Waals surface area contributed by atoms with Gasteiger partial charge in [0.15, 0.2) is 0 Å². The minimum absolute atomic E-state index is 0.165. The van der Waals surface area contributed by atoms with Gasteiger partial charge >= 0.3 is 0 Å². The Hall–Kier alpha value is -0.250. The molecule has 0 aliphatic heterocycles. The van der Waals surface area contributed by atoms with E-state index in [1.807, 2.05) is 6.07 Å². The molecule has 0 saturated heterocycles. The first kappa shape index (κ1) is 10.8. The van der Waals surface area contributed by atoms with E-state index >= 15 is 0 Å². The largest absolute Gasteiger partial charge is 0.496 e. The Labute approximate surface area is 90.6 Å². The lowest BCUT2D eigenvalue weighted by Gasteiger charge is -2.12. The van der Waals surface area contributed by atoms with Crippen LogP contribution in [-0.2, 0) is 0 Å². The van der Waals surface area contributed by atoms with Crippen LogP contribution in [-0.4, -0.2) is 18.1 Å². The van der Waals surface area contributed by atoms with E-state index in [0.29, 0.717) is 11.3 Å². The Bertz CT molecular complexity index is 291. The molecule has 0 amide bonds. The monoisotopic (exact) mass is 264 g/mol. The summed E-state index contributed by atoms with van der Waals surface area (Å²) in [6, 6.07) is 5.43. The summed E-state index contributed by atoms with van der Waals surface area (Å²) in [7, 11) is 1.56. The van der Waals surface area contributed by atoms with Crippen LogP contribution in [0.25, 0.3) is 0 Å². The summed E-state index contributed by atoms with van der Waals surface area (Å²) >= 11 is 8.85. The highest BCUT2D eigenvalue weighted by Gasteiger charge is 2.11. The average molecular weight is 266 g/mol. The molecule has 0 bridgehead atoms. The summed E-state index contributed by atoms with van der Waals surface area (Å²) in [4.78, 5) is 0. The van der Waals surface area contributed by atoms with Crippen molar-refractivity contribution in [1.82, 2.24) is 0 Å². The molecule has 2 nitrogen and oxygen atoms in total. The number of rotatable bonds is 3. The summed E-state index contributed by atoms with van der Waals surface area (Å²) in [5, 5.41) is 9.50. The Morgan fingerprint density at radius 2 is 2.31 bits per heavy atom. The van der Waals surface area contributed by atoms with E-state index in [0.717, 1.165) is 4.47 Å².